The highest BCUT2D eigenvalue weighted by Gasteiger charge is 2.16. The number of carbonyl (C=O) groups is 1. The fraction of sp³-hybridized carbons (Fsp3) is 0.632. The van der Waals surface area contributed by atoms with Crippen molar-refractivity contribution in [1.29, 1.82) is 0 Å². The van der Waals surface area contributed by atoms with E-state index < -0.39 is 0 Å². The molecule has 24 heavy (non-hydrogen) atoms. The van der Waals surface area contributed by atoms with E-state index in [0.717, 1.165) is 43.8 Å². The maximum Gasteiger partial charge on any atom is 0.224 e. The van der Waals surface area contributed by atoms with Crippen LogP contribution in [0.4, 0.5) is 5.69 Å². The number of nitrogens with one attached hydrogen (secondary N) is 2. The molecule has 1 aliphatic rings. The summed E-state index contributed by atoms with van der Waals surface area (Å²) in [6.45, 7) is 7.53. The Labute approximate surface area is 145 Å². The molecule has 1 aromatic carbocycles. The van der Waals surface area contributed by atoms with Crippen LogP contribution in [0.1, 0.15) is 46.0 Å². The molecule has 1 aromatic rings. The second-order valence-corrected chi connectivity index (χ2v) is 6.30. The zero-order valence-electron chi connectivity index (χ0n) is 14.9. The average Bonchev–Trinajstić information content (AvgIpc) is 3.11. The Bertz CT molecular complexity index is 513. The van der Waals surface area contributed by atoms with E-state index in [9.17, 15) is 4.79 Å². The van der Waals surface area contributed by atoms with Crippen molar-refractivity contribution in [3.63, 3.8) is 0 Å². The van der Waals surface area contributed by atoms with Gasteiger partial charge in [-0.15, -0.1) is 0 Å². The van der Waals surface area contributed by atoms with Crippen LogP contribution in [0.5, 0.6) is 11.5 Å². The lowest BCUT2D eigenvalue weighted by Gasteiger charge is -2.14. The Balaban J connectivity index is 1.91. The van der Waals surface area contributed by atoms with E-state index in [1.807, 2.05) is 18.2 Å². The van der Waals surface area contributed by atoms with Crippen molar-refractivity contribution in [2.24, 2.45) is 5.92 Å². The van der Waals surface area contributed by atoms with Crippen molar-refractivity contribution >= 4 is 11.6 Å². The molecule has 1 unspecified atom stereocenters. The van der Waals surface area contributed by atoms with E-state index in [1.54, 1.807) is 0 Å². The Kier molecular flexibility index (Phi) is 7.89. The zero-order valence-corrected chi connectivity index (χ0v) is 14.9. The van der Waals surface area contributed by atoms with Gasteiger partial charge in [0, 0.05) is 18.2 Å². The molecule has 5 heteroatoms. The molecule has 1 atom stereocenters. The molecule has 2 N–H and O–H groups in total. The molecule has 1 saturated heterocycles. The molecular formula is C19H30N2O3. The maximum absolute atomic E-state index is 12.1. The molecule has 0 saturated carbocycles. The first-order valence-corrected chi connectivity index (χ1v) is 9.13. The highest BCUT2D eigenvalue weighted by molar-refractivity contribution is 5.91. The molecule has 134 valence electrons. The molecule has 5 nitrogen and oxygen atoms in total. The Hall–Kier alpha value is -1.75. The van der Waals surface area contributed by atoms with E-state index in [0.29, 0.717) is 31.3 Å². The van der Waals surface area contributed by atoms with Gasteiger partial charge in [0.2, 0.25) is 5.91 Å². The summed E-state index contributed by atoms with van der Waals surface area (Å²) in [5.41, 5.74) is 0.763. The summed E-state index contributed by atoms with van der Waals surface area (Å²) < 4.78 is 11.5. The normalized spacial score (nSPS) is 16.8. The van der Waals surface area contributed by atoms with Gasteiger partial charge in [-0.05, 0) is 56.8 Å². The van der Waals surface area contributed by atoms with Crippen LogP contribution in [0.15, 0.2) is 18.2 Å². The lowest BCUT2D eigenvalue weighted by Crippen LogP contribution is -2.15. The lowest BCUT2D eigenvalue weighted by atomic mass is 10.0. The number of hydrogen-bond acceptors (Lipinski definition) is 4. The van der Waals surface area contributed by atoms with E-state index in [-0.39, 0.29) is 5.91 Å². The number of amides is 1. The third-order valence-electron chi connectivity index (χ3n) is 4.09. The number of benzene rings is 1. The average molecular weight is 334 g/mol. The van der Waals surface area contributed by atoms with Crippen molar-refractivity contribution in [3.8, 4) is 11.5 Å². The zero-order chi connectivity index (χ0) is 17.2. The van der Waals surface area contributed by atoms with Gasteiger partial charge in [-0.3, -0.25) is 4.79 Å². The minimum atomic E-state index is 0.0607. The number of carbonyl (C=O) groups excluding carboxylic acids is 1. The molecule has 0 aliphatic carbocycles. The summed E-state index contributed by atoms with van der Waals surface area (Å²) in [5.74, 6) is 2.12. The smallest absolute Gasteiger partial charge is 0.224 e. The van der Waals surface area contributed by atoms with Crippen molar-refractivity contribution < 1.29 is 14.3 Å². The molecule has 1 heterocycles. The lowest BCUT2D eigenvalue weighted by molar-refractivity contribution is -0.116. The number of hydrogen-bond donors (Lipinski definition) is 2. The van der Waals surface area contributed by atoms with E-state index >= 15 is 0 Å². The number of anilines is 1. The summed E-state index contributed by atoms with van der Waals surface area (Å²) in [6.07, 6.45) is 4.55. The topological polar surface area (TPSA) is 59.6 Å². The minimum absolute atomic E-state index is 0.0607. The fourth-order valence-corrected chi connectivity index (χ4v) is 2.76. The minimum Gasteiger partial charge on any atom is -0.490 e. The molecular weight excluding hydrogens is 304 g/mol. The van der Waals surface area contributed by atoms with Crippen LogP contribution in [0.25, 0.3) is 0 Å². The molecule has 0 bridgehead atoms. The van der Waals surface area contributed by atoms with Gasteiger partial charge in [0.1, 0.15) is 0 Å². The van der Waals surface area contributed by atoms with Crippen LogP contribution < -0.4 is 20.1 Å². The van der Waals surface area contributed by atoms with Gasteiger partial charge >= 0.3 is 0 Å². The summed E-state index contributed by atoms with van der Waals surface area (Å²) in [4.78, 5) is 12.1. The van der Waals surface area contributed by atoms with Gasteiger partial charge in [-0.1, -0.05) is 13.8 Å². The molecule has 2 rings (SSSR count). The largest absolute Gasteiger partial charge is 0.490 e. The molecule has 0 aromatic heterocycles. The molecule has 0 radical (unpaired) electrons. The summed E-state index contributed by atoms with van der Waals surface area (Å²) >= 11 is 0. The van der Waals surface area contributed by atoms with Crippen molar-refractivity contribution in [3.05, 3.63) is 18.2 Å². The van der Waals surface area contributed by atoms with Crippen molar-refractivity contribution in [2.45, 2.75) is 46.0 Å². The predicted molar refractivity (Wildman–Crippen MR) is 96.9 cm³/mol. The summed E-state index contributed by atoms with van der Waals surface area (Å²) in [5, 5.41) is 6.30. The predicted octanol–water partition coefficient (Wildman–Crippen LogP) is 3.59. The second kappa shape index (κ2) is 10.2. The molecule has 1 amide bonds. The molecule has 1 aliphatic heterocycles. The number of rotatable bonds is 10. The van der Waals surface area contributed by atoms with Crippen LogP contribution in [-0.2, 0) is 4.79 Å². The van der Waals surface area contributed by atoms with Crippen molar-refractivity contribution in [1.82, 2.24) is 5.32 Å². The highest BCUT2D eigenvalue weighted by Crippen LogP contribution is 2.31. The summed E-state index contributed by atoms with van der Waals surface area (Å²) in [6, 6.07) is 5.60. The van der Waals surface area contributed by atoms with Crippen LogP contribution in [0.3, 0.4) is 0 Å². The third-order valence-corrected chi connectivity index (χ3v) is 4.09. The Morgan fingerprint density at radius 1 is 1.21 bits per heavy atom. The van der Waals surface area contributed by atoms with Crippen LogP contribution in [0.2, 0.25) is 0 Å². The molecule has 1 fully saturated rings. The monoisotopic (exact) mass is 334 g/mol. The van der Waals surface area contributed by atoms with Gasteiger partial charge in [0.25, 0.3) is 0 Å². The van der Waals surface area contributed by atoms with E-state index in [2.05, 4.69) is 24.5 Å². The Morgan fingerprint density at radius 3 is 2.62 bits per heavy atom. The van der Waals surface area contributed by atoms with Crippen LogP contribution >= 0.6 is 0 Å². The van der Waals surface area contributed by atoms with Crippen molar-refractivity contribution in [2.75, 3.05) is 31.6 Å². The van der Waals surface area contributed by atoms with Gasteiger partial charge < -0.3 is 20.1 Å². The number of ether oxygens (including phenoxy) is 2. The van der Waals surface area contributed by atoms with Crippen LogP contribution in [0, 0.1) is 5.92 Å². The SMILES string of the molecule is CCCOc1ccc(NC(=O)CCC2CCNC2)cc1OCCC. The van der Waals surface area contributed by atoms with Gasteiger partial charge in [-0.2, -0.15) is 0 Å². The van der Waals surface area contributed by atoms with Gasteiger partial charge in [0.15, 0.2) is 11.5 Å². The Morgan fingerprint density at radius 2 is 1.96 bits per heavy atom. The first kappa shape index (κ1) is 18.6. The highest BCUT2D eigenvalue weighted by atomic mass is 16.5. The quantitative estimate of drug-likeness (QED) is 0.686. The second-order valence-electron chi connectivity index (χ2n) is 6.30. The summed E-state index contributed by atoms with van der Waals surface area (Å²) in [7, 11) is 0. The van der Waals surface area contributed by atoms with Gasteiger partial charge in [-0.25, -0.2) is 0 Å². The first-order chi connectivity index (χ1) is 11.7. The molecule has 0 spiro atoms. The fourth-order valence-electron chi connectivity index (χ4n) is 2.76. The van der Waals surface area contributed by atoms with Gasteiger partial charge in [0.05, 0.1) is 13.2 Å². The first-order valence-electron chi connectivity index (χ1n) is 9.13. The van der Waals surface area contributed by atoms with E-state index in [1.165, 1.54) is 6.42 Å². The third kappa shape index (κ3) is 6.04. The standard InChI is InChI=1S/C19H30N2O3/c1-3-11-23-17-7-6-16(13-18(17)24-12-4-2)21-19(22)8-5-15-9-10-20-14-15/h6-7,13,15,20H,3-5,8-12,14H2,1-2H3,(H,21,22). The van der Waals surface area contributed by atoms with Crippen LogP contribution in [-0.4, -0.2) is 32.2 Å². The van der Waals surface area contributed by atoms with E-state index in [4.69, 9.17) is 9.47 Å². The maximum atomic E-state index is 12.1.